The number of carbonyl (C=O) groups is 1. The van der Waals surface area contributed by atoms with Crippen LogP contribution in [0.5, 0.6) is 0 Å². The highest BCUT2D eigenvalue weighted by atomic mass is 16.4. The second-order valence-corrected chi connectivity index (χ2v) is 1.58. The van der Waals surface area contributed by atoms with E-state index in [2.05, 4.69) is 5.32 Å². The molecule has 0 atom stereocenters. The SMILES string of the molecule is CN/C=C(\N)CC(=O)O. The molecule has 0 rings (SSSR count). The van der Waals surface area contributed by atoms with E-state index in [0.29, 0.717) is 5.70 Å². The molecule has 0 heterocycles. The molecule has 0 aromatic carbocycles. The Morgan fingerprint density at radius 1 is 1.89 bits per heavy atom. The van der Waals surface area contributed by atoms with Gasteiger partial charge >= 0.3 is 5.97 Å². The second kappa shape index (κ2) is 3.77. The van der Waals surface area contributed by atoms with Crippen molar-refractivity contribution < 1.29 is 9.90 Å². The molecular weight excluding hydrogens is 120 g/mol. The minimum Gasteiger partial charge on any atom is -0.481 e. The van der Waals surface area contributed by atoms with Crippen molar-refractivity contribution in [3.05, 3.63) is 11.9 Å². The van der Waals surface area contributed by atoms with Crippen molar-refractivity contribution in [2.45, 2.75) is 6.42 Å². The molecule has 0 aliphatic heterocycles. The zero-order chi connectivity index (χ0) is 7.28. The van der Waals surface area contributed by atoms with Crippen molar-refractivity contribution in [2.75, 3.05) is 7.05 Å². The molecule has 0 amide bonds. The van der Waals surface area contributed by atoms with Crippen LogP contribution >= 0.6 is 0 Å². The number of hydrogen-bond acceptors (Lipinski definition) is 3. The molecule has 0 aliphatic rings. The second-order valence-electron chi connectivity index (χ2n) is 1.58. The number of nitrogens with two attached hydrogens (primary N) is 1. The van der Waals surface area contributed by atoms with E-state index in [1.54, 1.807) is 7.05 Å². The average molecular weight is 130 g/mol. The van der Waals surface area contributed by atoms with Crippen LogP contribution in [-0.4, -0.2) is 18.1 Å². The van der Waals surface area contributed by atoms with Crippen LogP contribution in [-0.2, 0) is 4.79 Å². The Balaban J connectivity index is 3.62. The van der Waals surface area contributed by atoms with Crippen LogP contribution in [0, 0.1) is 0 Å². The van der Waals surface area contributed by atoms with E-state index in [-0.39, 0.29) is 6.42 Å². The van der Waals surface area contributed by atoms with Crippen LogP contribution in [0.1, 0.15) is 6.42 Å². The molecule has 0 aliphatic carbocycles. The Hall–Kier alpha value is -1.19. The third-order valence-electron chi connectivity index (χ3n) is 0.685. The van der Waals surface area contributed by atoms with Gasteiger partial charge in [-0.3, -0.25) is 4.79 Å². The molecule has 0 radical (unpaired) electrons. The summed E-state index contributed by atoms with van der Waals surface area (Å²) in [6.45, 7) is 0. The maximum absolute atomic E-state index is 9.94. The van der Waals surface area contributed by atoms with Crippen molar-refractivity contribution in [1.82, 2.24) is 5.32 Å². The zero-order valence-electron chi connectivity index (χ0n) is 5.22. The highest BCUT2D eigenvalue weighted by molar-refractivity contribution is 5.69. The van der Waals surface area contributed by atoms with Crippen molar-refractivity contribution in [3.63, 3.8) is 0 Å². The molecule has 4 nitrogen and oxygen atoms in total. The normalized spacial score (nSPS) is 11.0. The van der Waals surface area contributed by atoms with Gasteiger partial charge in [-0.05, 0) is 0 Å². The van der Waals surface area contributed by atoms with Gasteiger partial charge in [-0.25, -0.2) is 0 Å². The Morgan fingerprint density at radius 2 is 2.44 bits per heavy atom. The van der Waals surface area contributed by atoms with Crippen molar-refractivity contribution in [3.8, 4) is 0 Å². The predicted molar refractivity (Wildman–Crippen MR) is 33.6 cm³/mol. The van der Waals surface area contributed by atoms with Crippen LogP contribution in [0.3, 0.4) is 0 Å². The fourth-order valence-corrected chi connectivity index (χ4v) is 0.411. The smallest absolute Gasteiger partial charge is 0.309 e. The molecule has 52 valence electrons. The number of carboxylic acid groups (broad SMARTS) is 1. The molecule has 0 saturated heterocycles. The molecular formula is C5H10N2O2. The maximum atomic E-state index is 9.94. The number of hydrogen-bond donors (Lipinski definition) is 3. The van der Waals surface area contributed by atoms with E-state index < -0.39 is 5.97 Å². The summed E-state index contributed by atoms with van der Waals surface area (Å²) in [7, 11) is 1.66. The van der Waals surface area contributed by atoms with E-state index >= 15 is 0 Å². The maximum Gasteiger partial charge on any atom is 0.309 e. The first-order chi connectivity index (χ1) is 4.16. The van der Waals surface area contributed by atoms with Crippen LogP contribution in [0.15, 0.2) is 11.9 Å². The average Bonchev–Trinajstić information content (AvgIpc) is 1.63. The number of rotatable bonds is 3. The van der Waals surface area contributed by atoms with Gasteiger partial charge in [0.1, 0.15) is 0 Å². The van der Waals surface area contributed by atoms with Crippen LogP contribution < -0.4 is 11.1 Å². The summed E-state index contributed by atoms with van der Waals surface area (Å²) in [5.41, 5.74) is 5.53. The van der Waals surface area contributed by atoms with E-state index in [9.17, 15) is 4.79 Å². The molecule has 0 saturated carbocycles. The van der Waals surface area contributed by atoms with Crippen LogP contribution in [0.2, 0.25) is 0 Å². The lowest BCUT2D eigenvalue weighted by molar-refractivity contribution is -0.136. The fourth-order valence-electron chi connectivity index (χ4n) is 0.411. The summed E-state index contributed by atoms with van der Waals surface area (Å²) in [6, 6.07) is 0. The molecule has 0 fully saturated rings. The standard InChI is InChI=1S/C5H10N2O2/c1-7-3-4(6)2-5(8)9/h3,7H,2,6H2,1H3,(H,8,9)/b4-3-. The van der Waals surface area contributed by atoms with E-state index in [1.807, 2.05) is 0 Å². The van der Waals surface area contributed by atoms with Crippen LogP contribution in [0.4, 0.5) is 0 Å². The van der Waals surface area contributed by atoms with Crippen molar-refractivity contribution >= 4 is 5.97 Å². The predicted octanol–water partition coefficient (Wildman–Crippen LogP) is -0.519. The van der Waals surface area contributed by atoms with E-state index in [0.717, 1.165) is 0 Å². The first-order valence-electron chi connectivity index (χ1n) is 2.50. The molecule has 9 heavy (non-hydrogen) atoms. The van der Waals surface area contributed by atoms with Crippen molar-refractivity contribution in [2.24, 2.45) is 5.73 Å². The van der Waals surface area contributed by atoms with Crippen LogP contribution in [0.25, 0.3) is 0 Å². The van der Waals surface area contributed by atoms with E-state index in [4.69, 9.17) is 10.8 Å². The lowest BCUT2D eigenvalue weighted by Gasteiger charge is -1.94. The highest BCUT2D eigenvalue weighted by Crippen LogP contribution is 1.88. The van der Waals surface area contributed by atoms with Crippen molar-refractivity contribution in [1.29, 1.82) is 0 Å². The summed E-state index contributed by atoms with van der Waals surface area (Å²) in [5.74, 6) is -0.918. The molecule has 0 spiro atoms. The highest BCUT2D eigenvalue weighted by Gasteiger charge is 1.96. The summed E-state index contributed by atoms with van der Waals surface area (Å²) in [5, 5.41) is 10.8. The topological polar surface area (TPSA) is 75.3 Å². The zero-order valence-corrected chi connectivity index (χ0v) is 5.22. The lowest BCUT2D eigenvalue weighted by Crippen LogP contribution is -2.08. The lowest BCUT2D eigenvalue weighted by atomic mass is 10.3. The summed E-state index contributed by atoms with van der Waals surface area (Å²) >= 11 is 0. The molecule has 0 aromatic rings. The minimum atomic E-state index is -0.918. The molecule has 4 heteroatoms. The van der Waals surface area contributed by atoms with Gasteiger partial charge in [-0.2, -0.15) is 0 Å². The van der Waals surface area contributed by atoms with Gasteiger partial charge in [0.2, 0.25) is 0 Å². The first kappa shape index (κ1) is 7.81. The Labute approximate surface area is 53.4 Å². The van der Waals surface area contributed by atoms with Gasteiger partial charge in [0.15, 0.2) is 0 Å². The fraction of sp³-hybridized carbons (Fsp3) is 0.400. The van der Waals surface area contributed by atoms with Gasteiger partial charge in [0.25, 0.3) is 0 Å². The summed E-state index contributed by atoms with van der Waals surface area (Å²) in [6.07, 6.45) is 1.34. The quantitative estimate of drug-likeness (QED) is 0.480. The summed E-state index contributed by atoms with van der Waals surface area (Å²) < 4.78 is 0. The largest absolute Gasteiger partial charge is 0.481 e. The number of carboxylic acids is 1. The molecule has 0 aromatic heterocycles. The van der Waals surface area contributed by atoms with Gasteiger partial charge in [0.05, 0.1) is 6.42 Å². The third-order valence-corrected chi connectivity index (χ3v) is 0.685. The Morgan fingerprint density at radius 3 is 2.78 bits per heavy atom. The molecule has 0 bridgehead atoms. The van der Waals surface area contributed by atoms with Gasteiger partial charge in [0, 0.05) is 18.9 Å². The molecule has 4 N–H and O–H groups in total. The first-order valence-corrected chi connectivity index (χ1v) is 2.50. The minimum absolute atomic E-state index is 0.110. The number of aliphatic carboxylic acids is 1. The third kappa shape index (κ3) is 4.67. The Kier molecular flexibility index (Phi) is 3.27. The van der Waals surface area contributed by atoms with Gasteiger partial charge in [-0.1, -0.05) is 0 Å². The summed E-state index contributed by atoms with van der Waals surface area (Å²) in [4.78, 5) is 9.94. The monoisotopic (exact) mass is 130 g/mol. The number of nitrogens with one attached hydrogen (secondary N) is 1. The van der Waals surface area contributed by atoms with E-state index in [1.165, 1.54) is 6.20 Å². The van der Waals surface area contributed by atoms with Gasteiger partial charge < -0.3 is 16.2 Å². The Bertz CT molecular complexity index is 131. The molecule has 0 unspecified atom stereocenters. The van der Waals surface area contributed by atoms with Gasteiger partial charge in [-0.15, -0.1) is 0 Å².